The van der Waals surface area contributed by atoms with Crippen LogP contribution in [0, 0.1) is 11.6 Å². The van der Waals surface area contributed by atoms with Gasteiger partial charge in [-0.25, -0.2) is 8.78 Å². The number of carbonyl (C=O) groups is 3. The number of likely N-dealkylation sites (tertiary alicyclic amines) is 1. The number of ether oxygens (including phenoxy) is 2. The lowest BCUT2D eigenvalue weighted by Gasteiger charge is -2.45. The number of amides is 3. The lowest BCUT2D eigenvalue weighted by atomic mass is 9.96. The number of hydrogen-bond donors (Lipinski definition) is 0. The van der Waals surface area contributed by atoms with Gasteiger partial charge in [-0.1, -0.05) is 6.07 Å². The van der Waals surface area contributed by atoms with Crippen LogP contribution in [0.2, 0.25) is 0 Å². The fourth-order valence-electron chi connectivity index (χ4n) is 5.15. The molecule has 0 aromatic heterocycles. The van der Waals surface area contributed by atoms with Gasteiger partial charge in [-0.2, -0.15) is 0 Å². The van der Waals surface area contributed by atoms with Gasteiger partial charge in [-0.05, 0) is 42.5 Å². The number of piperidine rings is 1. The quantitative estimate of drug-likeness (QED) is 0.648. The summed E-state index contributed by atoms with van der Waals surface area (Å²) in [6, 6.07) is 9.85. The van der Waals surface area contributed by atoms with Gasteiger partial charge in [0.15, 0.2) is 0 Å². The number of morpholine rings is 1. The topological polar surface area (TPSA) is 79.4 Å². The normalized spacial score (nSPS) is 21.6. The molecule has 0 saturated carbocycles. The van der Waals surface area contributed by atoms with E-state index in [1.807, 2.05) is 0 Å². The third kappa shape index (κ3) is 4.58. The second-order valence-corrected chi connectivity index (χ2v) is 9.20. The molecule has 0 N–H and O–H groups in total. The largest absolute Gasteiger partial charge is 0.378 e. The first-order valence-corrected chi connectivity index (χ1v) is 12.0. The molecular formula is C26H27F2N3O5. The smallest absolute Gasteiger partial charge is 0.256 e. The Balaban J connectivity index is 1.39. The maximum atomic E-state index is 14.0. The van der Waals surface area contributed by atoms with Crippen LogP contribution in [0.25, 0.3) is 0 Å². The van der Waals surface area contributed by atoms with Gasteiger partial charge < -0.3 is 19.3 Å². The van der Waals surface area contributed by atoms with E-state index in [1.165, 1.54) is 47.4 Å². The van der Waals surface area contributed by atoms with E-state index in [0.717, 1.165) is 6.07 Å². The maximum absolute atomic E-state index is 14.0. The summed E-state index contributed by atoms with van der Waals surface area (Å²) in [7, 11) is 0. The molecule has 3 saturated heterocycles. The van der Waals surface area contributed by atoms with Gasteiger partial charge in [-0.3, -0.25) is 19.3 Å². The van der Waals surface area contributed by atoms with E-state index in [4.69, 9.17) is 9.47 Å². The lowest BCUT2D eigenvalue weighted by Crippen LogP contribution is -2.60. The minimum Gasteiger partial charge on any atom is -0.378 e. The molecule has 190 valence electrons. The van der Waals surface area contributed by atoms with E-state index >= 15 is 0 Å². The number of benzene rings is 2. The van der Waals surface area contributed by atoms with Crippen molar-refractivity contribution in [3.8, 4) is 0 Å². The van der Waals surface area contributed by atoms with Gasteiger partial charge in [-0.15, -0.1) is 0 Å². The average molecular weight is 500 g/mol. The molecule has 0 aliphatic carbocycles. The van der Waals surface area contributed by atoms with Crippen LogP contribution in [0.1, 0.15) is 33.6 Å². The first kappa shape index (κ1) is 24.3. The van der Waals surface area contributed by atoms with E-state index in [1.54, 1.807) is 9.80 Å². The molecule has 1 spiro atoms. The van der Waals surface area contributed by atoms with Crippen LogP contribution < -0.4 is 0 Å². The van der Waals surface area contributed by atoms with Crippen molar-refractivity contribution >= 4 is 17.7 Å². The zero-order valence-corrected chi connectivity index (χ0v) is 19.7. The third-order valence-corrected chi connectivity index (χ3v) is 7.08. The van der Waals surface area contributed by atoms with Crippen molar-refractivity contribution in [2.45, 2.75) is 24.6 Å². The van der Waals surface area contributed by atoms with Crippen LogP contribution in [-0.2, 0) is 14.3 Å². The van der Waals surface area contributed by atoms with Crippen LogP contribution in [0.4, 0.5) is 8.78 Å². The van der Waals surface area contributed by atoms with Gasteiger partial charge in [0.25, 0.3) is 11.8 Å². The van der Waals surface area contributed by atoms with Crippen LogP contribution in [0.5, 0.6) is 0 Å². The van der Waals surface area contributed by atoms with Crippen LogP contribution in [0.15, 0.2) is 48.5 Å². The van der Waals surface area contributed by atoms with E-state index < -0.39 is 29.3 Å². The maximum Gasteiger partial charge on any atom is 0.256 e. The number of nitrogens with zero attached hydrogens (tertiary/aromatic N) is 3. The fourth-order valence-corrected chi connectivity index (χ4v) is 5.15. The zero-order chi connectivity index (χ0) is 25.3. The van der Waals surface area contributed by atoms with E-state index in [2.05, 4.69) is 0 Å². The van der Waals surface area contributed by atoms with Crippen molar-refractivity contribution in [1.82, 2.24) is 14.7 Å². The Morgan fingerprint density at radius 3 is 2.17 bits per heavy atom. The summed E-state index contributed by atoms with van der Waals surface area (Å²) in [6.45, 7) is 2.26. The highest BCUT2D eigenvalue weighted by Crippen LogP contribution is 2.39. The molecule has 1 atom stereocenters. The van der Waals surface area contributed by atoms with E-state index in [-0.39, 0.29) is 49.9 Å². The molecule has 3 aliphatic rings. The number of hydrogen-bond acceptors (Lipinski definition) is 5. The molecule has 36 heavy (non-hydrogen) atoms. The Bertz CT molecular complexity index is 1140. The summed E-state index contributed by atoms with van der Waals surface area (Å²) in [4.78, 5) is 44.8. The van der Waals surface area contributed by atoms with Crippen molar-refractivity contribution < 1.29 is 32.6 Å². The molecule has 3 aliphatic heterocycles. The summed E-state index contributed by atoms with van der Waals surface area (Å²) >= 11 is 0. The van der Waals surface area contributed by atoms with Crippen molar-refractivity contribution in [3.05, 3.63) is 71.3 Å². The van der Waals surface area contributed by atoms with Crippen molar-refractivity contribution in [2.24, 2.45) is 0 Å². The number of rotatable bonds is 3. The van der Waals surface area contributed by atoms with Gasteiger partial charge in [0.05, 0.1) is 19.8 Å². The Labute approximate surface area is 207 Å². The standard InChI is InChI=1S/C26H27F2N3O5/c27-20-6-4-18(5-7-20)23(32)29-10-8-26(9-11-29)31(24(33)19-2-1-3-21(28)16-19)22(17-36-26)25(34)30-12-14-35-15-13-30/h1-7,16,22H,8-15,17H2/t22-/m1/s1. The Morgan fingerprint density at radius 2 is 1.50 bits per heavy atom. The summed E-state index contributed by atoms with van der Waals surface area (Å²) < 4.78 is 38.8. The predicted molar refractivity (Wildman–Crippen MR) is 124 cm³/mol. The van der Waals surface area contributed by atoms with Crippen molar-refractivity contribution in [3.63, 3.8) is 0 Å². The molecule has 0 unspecified atom stereocenters. The zero-order valence-electron chi connectivity index (χ0n) is 19.7. The van der Waals surface area contributed by atoms with Crippen molar-refractivity contribution in [1.29, 1.82) is 0 Å². The van der Waals surface area contributed by atoms with E-state index in [9.17, 15) is 23.2 Å². The Morgan fingerprint density at radius 1 is 0.806 bits per heavy atom. The molecule has 0 radical (unpaired) electrons. The molecule has 3 heterocycles. The molecule has 3 amide bonds. The number of carbonyl (C=O) groups excluding carboxylic acids is 3. The summed E-state index contributed by atoms with van der Waals surface area (Å²) in [5.41, 5.74) is -0.604. The Hall–Kier alpha value is -3.37. The molecule has 0 bridgehead atoms. The molecule has 5 rings (SSSR count). The van der Waals surface area contributed by atoms with Gasteiger partial charge in [0.2, 0.25) is 5.91 Å². The molecule has 2 aromatic rings. The average Bonchev–Trinajstić information content (AvgIpc) is 3.27. The first-order chi connectivity index (χ1) is 17.4. The highest BCUT2D eigenvalue weighted by Gasteiger charge is 2.55. The second-order valence-electron chi connectivity index (χ2n) is 9.20. The van der Waals surface area contributed by atoms with Gasteiger partial charge >= 0.3 is 0 Å². The molecule has 10 heteroatoms. The van der Waals surface area contributed by atoms with Crippen LogP contribution in [-0.4, -0.2) is 90.2 Å². The monoisotopic (exact) mass is 499 g/mol. The fraction of sp³-hybridized carbons (Fsp3) is 0.423. The number of halogens is 2. The van der Waals surface area contributed by atoms with Crippen molar-refractivity contribution in [2.75, 3.05) is 46.0 Å². The second kappa shape index (κ2) is 9.94. The molecule has 8 nitrogen and oxygen atoms in total. The lowest BCUT2D eigenvalue weighted by molar-refractivity contribution is -0.141. The van der Waals surface area contributed by atoms with E-state index in [0.29, 0.717) is 31.9 Å². The van der Waals surface area contributed by atoms with Crippen LogP contribution in [0.3, 0.4) is 0 Å². The third-order valence-electron chi connectivity index (χ3n) is 7.08. The SMILES string of the molecule is O=C(c1ccc(F)cc1)N1CCC2(CC1)OC[C@H](C(=O)N1CCOCC1)N2C(=O)c1cccc(F)c1. The molecular weight excluding hydrogens is 472 g/mol. The highest BCUT2D eigenvalue weighted by atomic mass is 19.1. The first-order valence-electron chi connectivity index (χ1n) is 12.0. The minimum absolute atomic E-state index is 0.0170. The minimum atomic E-state index is -1.10. The summed E-state index contributed by atoms with van der Waals surface area (Å²) in [5, 5.41) is 0. The summed E-state index contributed by atoms with van der Waals surface area (Å²) in [6.07, 6.45) is 0.571. The molecule has 2 aromatic carbocycles. The Kier molecular flexibility index (Phi) is 6.72. The summed E-state index contributed by atoms with van der Waals surface area (Å²) in [5.74, 6) is -1.94. The van der Waals surface area contributed by atoms with Crippen LogP contribution >= 0.6 is 0 Å². The predicted octanol–water partition coefficient (Wildman–Crippen LogP) is 2.30. The molecule has 3 fully saturated rings. The van der Waals surface area contributed by atoms with Gasteiger partial charge in [0, 0.05) is 50.1 Å². The highest BCUT2D eigenvalue weighted by molar-refractivity contribution is 5.98. The van der Waals surface area contributed by atoms with Gasteiger partial charge in [0.1, 0.15) is 23.4 Å².